The smallest absolute Gasteiger partial charge is 0.260 e. The molecule has 0 saturated carbocycles. The Labute approximate surface area is 79.1 Å². The highest BCUT2D eigenvalue weighted by Crippen LogP contribution is 2.26. The van der Waals surface area contributed by atoms with Crippen LogP contribution < -0.4 is 5.32 Å². The lowest BCUT2D eigenvalue weighted by molar-refractivity contribution is 0.0879. The lowest BCUT2D eigenvalue weighted by Crippen LogP contribution is -2.20. The van der Waals surface area contributed by atoms with Gasteiger partial charge in [-0.15, -0.1) is 17.9 Å². The van der Waals surface area contributed by atoms with Crippen LogP contribution in [-0.2, 0) is 6.42 Å². The van der Waals surface area contributed by atoms with Crippen LogP contribution in [0.15, 0.2) is 18.0 Å². The molecule has 0 radical (unpaired) electrons. The largest absolute Gasteiger partial charge is 0.288 e. The number of allylic oxidation sites excluding steroid dienone is 1. The van der Waals surface area contributed by atoms with E-state index in [1.54, 1.807) is 11.5 Å². The molecule has 4 heteroatoms. The molecule has 0 fully saturated rings. The summed E-state index contributed by atoms with van der Waals surface area (Å²) in [5.74, 6) is -0.565. The van der Waals surface area contributed by atoms with Gasteiger partial charge in [-0.25, -0.2) is 0 Å². The molecule has 0 aromatic carbocycles. The predicted octanol–water partition coefficient (Wildman–Crippen LogP) is 1.36. The zero-order chi connectivity index (χ0) is 9.42. The van der Waals surface area contributed by atoms with E-state index < -0.39 is 0 Å². The fraction of sp³-hybridized carbons (Fsp3) is 0.111. The molecule has 1 aromatic heterocycles. The molecule has 0 unspecified atom stereocenters. The maximum atomic E-state index is 11.3. The standard InChI is InChI=1S/C9H7NO2S/c1-2-3-6-7-5(4-13-6)8(11)10-9(7)12/h2,4H,1,3H2,(H,10,11,12). The lowest BCUT2D eigenvalue weighted by Gasteiger charge is -1.92. The summed E-state index contributed by atoms with van der Waals surface area (Å²) in [6, 6.07) is 0. The highest BCUT2D eigenvalue weighted by Gasteiger charge is 2.30. The van der Waals surface area contributed by atoms with Gasteiger partial charge in [-0.05, 0) is 0 Å². The molecule has 0 saturated heterocycles. The van der Waals surface area contributed by atoms with Crippen LogP contribution in [0.2, 0.25) is 0 Å². The van der Waals surface area contributed by atoms with E-state index in [0.29, 0.717) is 17.5 Å². The Morgan fingerprint density at radius 1 is 1.46 bits per heavy atom. The molecule has 0 spiro atoms. The van der Waals surface area contributed by atoms with Crippen LogP contribution in [-0.4, -0.2) is 11.8 Å². The summed E-state index contributed by atoms with van der Waals surface area (Å²) < 4.78 is 0. The maximum Gasteiger partial charge on any atom is 0.260 e. The van der Waals surface area contributed by atoms with E-state index in [1.807, 2.05) is 0 Å². The Balaban J connectivity index is 2.54. The first kappa shape index (κ1) is 8.19. The average Bonchev–Trinajstić information content (AvgIpc) is 2.58. The molecule has 66 valence electrons. The highest BCUT2D eigenvalue weighted by atomic mass is 32.1. The van der Waals surface area contributed by atoms with E-state index in [-0.39, 0.29) is 11.8 Å². The van der Waals surface area contributed by atoms with E-state index in [0.717, 1.165) is 4.88 Å². The summed E-state index contributed by atoms with van der Waals surface area (Å²) >= 11 is 1.43. The van der Waals surface area contributed by atoms with Crippen molar-refractivity contribution in [3.63, 3.8) is 0 Å². The molecule has 1 aliphatic rings. The minimum Gasteiger partial charge on any atom is -0.288 e. The molecular weight excluding hydrogens is 186 g/mol. The molecule has 1 aliphatic heterocycles. The zero-order valence-electron chi connectivity index (χ0n) is 6.79. The number of nitrogens with one attached hydrogen (secondary N) is 1. The number of imide groups is 1. The van der Waals surface area contributed by atoms with Crippen LogP contribution in [0, 0.1) is 0 Å². The van der Waals surface area contributed by atoms with Gasteiger partial charge in [0.1, 0.15) is 0 Å². The second kappa shape index (κ2) is 2.81. The molecule has 0 bridgehead atoms. The monoisotopic (exact) mass is 193 g/mol. The van der Waals surface area contributed by atoms with Crippen LogP contribution in [0.25, 0.3) is 0 Å². The van der Waals surface area contributed by atoms with Gasteiger partial charge in [0, 0.05) is 16.7 Å². The van der Waals surface area contributed by atoms with Gasteiger partial charge in [-0.3, -0.25) is 14.9 Å². The van der Waals surface area contributed by atoms with E-state index in [4.69, 9.17) is 0 Å². The summed E-state index contributed by atoms with van der Waals surface area (Å²) in [5.41, 5.74) is 1.04. The molecule has 1 aromatic rings. The molecule has 3 nitrogen and oxygen atoms in total. The summed E-state index contributed by atoms with van der Waals surface area (Å²) in [7, 11) is 0. The van der Waals surface area contributed by atoms with Crippen molar-refractivity contribution >= 4 is 23.2 Å². The fourth-order valence-electron chi connectivity index (χ4n) is 1.33. The van der Waals surface area contributed by atoms with E-state index in [1.165, 1.54) is 11.3 Å². The second-order valence-corrected chi connectivity index (χ2v) is 3.69. The number of carbonyl (C=O) groups is 2. The van der Waals surface area contributed by atoms with Gasteiger partial charge in [-0.2, -0.15) is 0 Å². The molecular formula is C9H7NO2S. The first-order valence-corrected chi connectivity index (χ1v) is 4.69. The Kier molecular flexibility index (Phi) is 1.77. The SMILES string of the molecule is C=CCc1scc2c1C(=O)NC2=O. The van der Waals surface area contributed by atoms with Crippen molar-refractivity contribution < 1.29 is 9.59 Å². The first-order valence-electron chi connectivity index (χ1n) is 3.81. The summed E-state index contributed by atoms with van der Waals surface area (Å²) in [4.78, 5) is 23.3. The molecule has 0 atom stereocenters. The molecule has 2 heterocycles. The predicted molar refractivity (Wildman–Crippen MR) is 50.0 cm³/mol. The Bertz CT molecular complexity index is 406. The van der Waals surface area contributed by atoms with Gasteiger partial charge in [0.25, 0.3) is 11.8 Å². The Hall–Kier alpha value is -1.42. The van der Waals surface area contributed by atoms with Gasteiger partial charge < -0.3 is 0 Å². The molecule has 2 amide bonds. The van der Waals surface area contributed by atoms with Crippen molar-refractivity contribution in [3.8, 4) is 0 Å². The van der Waals surface area contributed by atoms with E-state index in [9.17, 15) is 9.59 Å². The fourth-order valence-corrected chi connectivity index (χ4v) is 2.35. The molecule has 13 heavy (non-hydrogen) atoms. The summed E-state index contributed by atoms with van der Waals surface area (Å²) in [6.07, 6.45) is 2.36. The van der Waals surface area contributed by atoms with Crippen LogP contribution >= 0.6 is 11.3 Å². The summed E-state index contributed by atoms with van der Waals surface area (Å²) in [5, 5.41) is 3.97. The van der Waals surface area contributed by atoms with Gasteiger partial charge >= 0.3 is 0 Å². The molecule has 1 N–H and O–H groups in total. The summed E-state index contributed by atoms with van der Waals surface area (Å²) in [6.45, 7) is 3.60. The van der Waals surface area contributed by atoms with Gasteiger partial charge in [0.05, 0.1) is 11.1 Å². The minimum atomic E-state index is -0.286. The van der Waals surface area contributed by atoms with Gasteiger partial charge in [0.15, 0.2) is 0 Å². The normalized spacial score (nSPS) is 14.2. The first-order chi connectivity index (χ1) is 6.24. The number of carbonyl (C=O) groups excluding carboxylic acids is 2. The second-order valence-electron chi connectivity index (χ2n) is 2.72. The van der Waals surface area contributed by atoms with Crippen molar-refractivity contribution in [1.29, 1.82) is 0 Å². The van der Waals surface area contributed by atoms with E-state index >= 15 is 0 Å². The topological polar surface area (TPSA) is 46.2 Å². The van der Waals surface area contributed by atoms with Crippen LogP contribution in [0.5, 0.6) is 0 Å². The number of hydrogen-bond donors (Lipinski definition) is 1. The Morgan fingerprint density at radius 2 is 2.23 bits per heavy atom. The zero-order valence-corrected chi connectivity index (χ0v) is 7.61. The molecule has 2 rings (SSSR count). The average molecular weight is 193 g/mol. The van der Waals surface area contributed by atoms with Crippen molar-refractivity contribution in [2.24, 2.45) is 0 Å². The number of rotatable bonds is 2. The quantitative estimate of drug-likeness (QED) is 0.569. The van der Waals surface area contributed by atoms with Crippen LogP contribution in [0.1, 0.15) is 25.6 Å². The maximum absolute atomic E-state index is 11.3. The van der Waals surface area contributed by atoms with Crippen molar-refractivity contribution in [2.45, 2.75) is 6.42 Å². The third-order valence-electron chi connectivity index (χ3n) is 1.90. The van der Waals surface area contributed by atoms with Gasteiger partial charge in [0.2, 0.25) is 0 Å². The number of hydrogen-bond acceptors (Lipinski definition) is 3. The minimum absolute atomic E-state index is 0.280. The lowest BCUT2D eigenvalue weighted by atomic mass is 10.1. The van der Waals surface area contributed by atoms with Crippen molar-refractivity contribution in [3.05, 3.63) is 34.0 Å². The Morgan fingerprint density at radius 3 is 2.92 bits per heavy atom. The molecule has 0 aliphatic carbocycles. The van der Waals surface area contributed by atoms with Crippen LogP contribution in [0.3, 0.4) is 0 Å². The van der Waals surface area contributed by atoms with Gasteiger partial charge in [-0.1, -0.05) is 6.08 Å². The number of thiophene rings is 1. The number of amides is 2. The third-order valence-corrected chi connectivity index (χ3v) is 2.90. The number of fused-ring (bicyclic) bond motifs is 1. The van der Waals surface area contributed by atoms with Crippen LogP contribution in [0.4, 0.5) is 0 Å². The van der Waals surface area contributed by atoms with Crippen molar-refractivity contribution in [2.75, 3.05) is 0 Å². The highest BCUT2D eigenvalue weighted by molar-refractivity contribution is 7.10. The van der Waals surface area contributed by atoms with Crippen molar-refractivity contribution in [1.82, 2.24) is 5.32 Å². The van der Waals surface area contributed by atoms with E-state index in [2.05, 4.69) is 11.9 Å². The third kappa shape index (κ3) is 1.10.